The molecule has 2 rings (SSSR count). The molecule has 1 aromatic carbocycles. The molecular formula is C14H19Cl2FN2O4S. The Morgan fingerprint density at radius 2 is 2.17 bits per heavy atom. The topological polar surface area (TPSA) is 86.7 Å². The lowest BCUT2D eigenvalue weighted by Crippen LogP contribution is -2.43. The third-order valence-electron chi connectivity index (χ3n) is 3.70. The van der Waals surface area contributed by atoms with Crippen molar-refractivity contribution >= 4 is 40.0 Å². The first-order valence-corrected chi connectivity index (χ1v) is 9.00. The van der Waals surface area contributed by atoms with Crippen LogP contribution in [-0.4, -0.2) is 50.0 Å². The van der Waals surface area contributed by atoms with Gasteiger partial charge < -0.3 is 10.4 Å². The maximum Gasteiger partial charge on any atom is 0.317 e. The first kappa shape index (κ1) is 21.1. The summed E-state index contributed by atoms with van der Waals surface area (Å²) in [4.78, 5) is 10.1. The largest absolute Gasteiger partial charge is 0.480 e. The van der Waals surface area contributed by atoms with Gasteiger partial charge in [-0.2, -0.15) is 4.31 Å². The Hall–Kier alpha value is -0.930. The van der Waals surface area contributed by atoms with Crippen molar-refractivity contribution in [1.82, 2.24) is 9.62 Å². The van der Waals surface area contributed by atoms with Gasteiger partial charge >= 0.3 is 5.97 Å². The normalized spacial score (nSPS) is 18.8. The molecule has 0 aliphatic carbocycles. The first-order valence-electron chi connectivity index (χ1n) is 7.18. The molecule has 10 heteroatoms. The summed E-state index contributed by atoms with van der Waals surface area (Å²) < 4.78 is 40.3. The molecule has 1 aliphatic rings. The van der Waals surface area contributed by atoms with Crippen LogP contribution in [0, 0.1) is 11.7 Å². The van der Waals surface area contributed by atoms with Crippen molar-refractivity contribution in [2.24, 2.45) is 5.92 Å². The van der Waals surface area contributed by atoms with Gasteiger partial charge in [0.2, 0.25) is 10.0 Å². The summed E-state index contributed by atoms with van der Waals surface area (Å²) in [6.07, 6.45) is 1.44. The molecule has 1 heterocycles. The van der Waals surface area contributed by atoms with E-state index >= 15 is 0 Å². The summed E-state index contributed by atoms with van der Waals surface area (Å²) in [5.41, 5.74) is 0. The number of hydrogen-bond donors (Lipinski definition) is 2. The van der Waals surface area contributed by atoms with E-state index in [9.17, 15) is 17.6 Å². The number of rotatable bonds is 6. The summed E-state index contributed by atoms with van der Waals surface area (Å²) in [5.74, 6) is -1.84. The van der Waals surface area contributed by atoms with Gasteiger partial charge in [0.1, 0.15) is 10.7 Å². The lowest BCUT2D eigenvalue weighted by Gasteiger charge is -2.32. The van der Waals surface area contributed by atoms with Crippen LogP contribution in [0.2, 0.25) is 5.02 Å². The molecule has 136 valence electrons. The zero-order valence-electron chi connectivity index (χ0n) is 12.7. The highest BCUT2D eigenvalue weighted by Crippen LogP contribution is 2.26. The minimum absolute atomic E-state index is 0. The molecule has 0 amide bonds. The predicted octanol–water partition coefficient (Wildman–Crippen LogP) is 1.98. The van der Waals surface area contributed by atoms with E-state index in [1.165, 1.54) is 16.4 Å². The van der Waals surface area contributed by atoms with Crippen molar-refractivity contribution in [1.29, 1.82) is 0 Å². The fraction of sp³-hybridized carbons (Fsp3) is 0.500. The number of aliphatic carboxylic acids is 1. The van der Waals surface area contributed by atoms with Crippen molar-refractivity contribution < 1.29 is 22.7 Å². The van der Waals surface area contributed by atoms with Gasteiger partial charge in [0.05, 0.1) is 6.54 Å². The van der Waals surface area contributed by atoms with Crippen LogP contribution in [-0.2, 0) is 14.8 Å². The van der Waals surface area contributed by atoms with Crippen molar-refractivity contribution in [3.8, 4) is 0 Å². The average molecular weight is 401 g/mol. The van der Waals surface area contributed by atoms with E-state index in [-0.39, 0.29) is 41.3 Å². The number of carboxylic acid groups (broad SMARTS) is 1. The van der Waals surface area contributed by atoms with Crippen LogP contribution in [0.25, 0.3) is 0 Å². The maximum absolute atomic E-state index is 13.9. The summed E-state index contributed by atoms with van der Waals surface area (Å²) >= 11 is 5.65. The van der Waals surface area contributed by atoms with E-state index in [2.05, 4.69) is 5.32 Å². The van der Waals surface area contributed by atoms with E-state index in [1.807, 2.05) is 0 Å². The molecule has 0 aromatic heterocycles. The quantitative estimate of drug-likeness (QED) is 0.761. The zero-order chi connectivity index (χ0) is 17.0. The fourth-order valence-corrected chi connectivity index (χ4v) is 4.38. The van der Waals surface area contributed by atoms with Gasteiger partial charge in [-0.15, -0.1) is 12.4 Å². The Bertz CT molecular complexity index is 687. The summed E-state index contributed by atoms with van der Waals surface area (Å²) in [6.45, 7) is 0.785. The molecule has 0 spiro atoms. The molecule has 1 atom stereocenters. The molecular weight excluding hydrogens is 382 g/mol. The molecule has 1 saturated heterocycles. The van der Waals surface area contributed by atoms with Crippen LogP contribution in [0.1, 0.15) is 12.8 Å². The monoisotopic (exact) mass is 400 g/mol. The summed E-state index contributed by atoms with van der Waals surface area (Å²) in [6, 6.07) is 3.48. The van der Waals surface area contributed by atoms with Gasteiger partial charge in [-0.1, -0.05) is 11.6 Å². The van der Waals surface area contributed by atoms with Crippen LogP contribution in [0.15, 0.2) is 23.1 Å². The van der Waals surface area contributed by atoms with E-state index < -0.39 is 21.8 Å². The minimum atomic E-state index is -3.93. The molecule has 0 bridgehead atoms. The molecule has 1 unspecified atom stereocenters. The minimum Gasteiger partial charge on any atom is -0.480 e. The van der Waals surface area contributed by atoms with E-state index in [0.29, 0.717) is 19.5 Å². The third-order valence-corrected chi connectivity index (χ3v) is 5.84. The van der Waals surface area contributed by atoms with Crippen LogP contribution in [0.5, 0.6) is 0 Å². The lowest BCUT2D eigenvalue weighted by atomic mass is 10.00. The second-order valence-corrected chi connectivity index (χ2v) is 7.81. The van der Waals surface area contributed by atoms with Crippen molar-refractivity contribution in [3.63, 3.8) is 0 Å². The standard InChI is InChI=1S/C14H18ClFN2O4S.ClH/c15-11-3-4-13(12(16)6-11)23(21,22)18-5-1-2-10(9-18)7-17-8-14(19)20;/h3-4,6,10,17H,1-2,5,7-9H2,(H,19,20);1H. The van der Waals surface area contributed by atoms with E-state index in [0.717, 1.165) is 12.5 Å². The number of piperidine rings is 1. The second-order valence-electron chi connectivity index (χ2n) is 5.47. The molecule has 6 nitrogen and oxygen atoms in total. The SMILES string of the molecule is Cl.O=C(O)CNCC1CCCN(S(=O)(=O)c2ccc(Cl)cc2F)C1. The number of carboxylic acids is 1. The molecule has 24 heavy (non-hydrogen) atoms. The van der Waals surface area contributed by atoms with Gasteiger partial charge in [-0.25, -0.2) is 12.8 Å². The summed E-state index contributed by atoms with van der Waals surface area (Å²) in [5, 5.41) is 11.5. The molecule has 2 N–H and O–H groups in total. The molecule has 0 saturated carbocycles. The first-order chi connectivity index (χ1) is 10.8. The van der Waals surface area contributed by atoms with E-state index in [1.54, 1.807) is 0 Å². The Balaban J connectivity index is 0.00000288. The Labute approximate surface area is 151 Å². The number of benzene rings is 1. The Morgan fingerprint density at radius 1 is 1.46 bits per heavy atom. The maximum atomic E-state index is 13.9. The van der Waals surface area contributed by atoms with Crippen LogP contribution in [0.3, 0.4) is 0 Å². The second kappa shape index (κ2) is 8.96. The van der Waals surface area contributed by atoms with Crippen molar-refractivity contribution in [2.45, 2.75) is 17.7 Å². The Morgan fingerprint density at radius 3 is 2.79 bits per heavy atom. The van der Waals surface area contributed by atoms with Gasteiger partial charge in [-0.3, -0.25) is 4.79 Å². The molecule has 1 aliphatic heterocycles. The fourth-order valence-electron chi connectivity index (χ4n) is 2.62. The smallest absolute Gasteiger partial charge is 0.317 e. The van der Waals surface area contributed by atoms with Gasteiger partial charge in [-0.05, 0) is 43.5 Å². The van der Waals surface area contributed by atoms with Crippen molar-refractivity contribution in [3.05, 3.63) is 29.0 Å². The zero-order valence-corrected chi connectivity index (χ0v) is 15.1. The average Bonchev–Trinajstić information content (AvgIpc) is 2.46. The highest BCUT2D eigenvalue weighted by atomic mass is 35.5. The number of carbonyl (C=O) groups is 1. The highest BCUT2D eigenvalue weighted by Gasteiger charge is 2.32. The van der Waals surface area contributed by atoms with E-state index in [4.69, 9.17) is 16.7 Å². The van der Waals surface area contributed by atoms with Crippen LogP contribution < -0.4 is 5.32 Å². The molecule has 0 radical (unpaired) electrons. The van der Waals surface area contributed by atoms with Crippen LogP contribution in [0.4, 0.5) is 4.39 Å². The Kier molecular flexibility index (Phi) is 7.88. The number of sulfonamides is 1. The van der Waals surface area contributed by atoms with Crippen molar-refractivity contribution in [2.75, 3.05) is 26.2 Å². The van der Waals surface area contributed by atoms with Gasteiger partial charge in [0.25, 0.3) is 0 Å². The predicted molar refractivity (Wildman–Crippen MR) is 90.6 cm³/mol. The lowest BCUT2D eigenvalue weighted by molar-refractivity contribution is -0.136. The summed E-state index contributed by atoms with van der Waals surface area (Å²) in [7, 11) is -3.93. The number of nitrogens with one attached hydrogen (secondary N) is 1. The molecule has 1 aromatic rings. The van der Waals surface area contributed by atoms with Gasteiger partial charge in [0, 0.05) is 18.1 Å². The highest BCUT2D eigenvalue weighted by molar-refractivity contribution is 7.89. The number of hydrogen-bond acceptors (Lipinski definition) is 4. The van der Waals surface area contributed by atoms with Gasteiger partial charge in [0.15, 0.2) is 0 Å². The number of nitrogens with zero attached hydrogens (tertiary/aromatic N) is 1. The number of halogens is 3. The molecule has 1 fully saturated rings. The third kappa shape index (κ3) is 5.29. The van der Waals surface area contributed by atoms with Crippen LogP contribution >= 0.6 is 24.0 Å².